The number of hydrogen-bond acceptors (Lipinski definition) is 4. The summed E-state index contributed by atoms with van der Waals surface area (Å²) in [6.45, 7) is 1.18. The van der Waals surface area contributed by atoms with E-state index in [0.717, 1.165) is 11.0 Å². The van der Waals surface area contributed by atoms with E-state index in [-0.39, 0.29) is 21.9 Å². The van der Waals surface area contributed by atoms with Crippen LogP contribution in [0.5, 0.6) is 0 Å². The molecule has 0 fully saturated rings. The van der Waals surface area contributed by atoms with Crippen LogP contribution in [0.2, 0.25) is 0 Å². The minimum absolute atomic E-state index is 0.125. The van der Waals surface area contributed by atoms with Crippen LogP contribution in [0.4, 0.5) is 0 Å². The molecule has 0 heterocycles. The Balaban J connectivity index is 0. The largest absolute Gasteiger partial charge is 0.394 e. The normalized spacial score (nSPS) is 10.8. The average molecular weight is 212 g/mol. The molecule has 0 aromatic heterocycles. The third kappa shape index (κ3) is 24.5. The Bertz CT molecular complexity index is 114. The standard InChI is InChI=1S/C5H13NO2P.C2H6O2/c1-6(2,3)4-5-8-9-7;3-1-2-4/h4-5H2,1-3H3;3-4H,1-2H2/q+1;. The van der Waals surface area contributed by atoms with Crippen LogP contribution in [0.25, 0.3) is 0 Å². The maximum atomic E-state index is 9.76. The summed E-state index contributed by atoms with van der Waals surface area (Å²) in [7, 11) is 5.96. The SMILES string of the molecule is C[N+](C)(C)CCOP=O.OCCO. The number of quaternary nitrogens is 1. The molecule has 0 bridgehead atoms. The van der Waals surface area contributed by atoms with Gasteiger partial charge in [0.25, 0.3) is 0 Å². The predicted octanol–water partition coefficient (Wildman–Crippen LogP) is -0.113. The maximum Gasteiger partial charge on any atom is 0.327 e. The third-order valence-electron chi connectivity index (χ3n) is 1.01. The molecule has 0 saturated carbocycles. The Morgan fingerprint density at radius 3 is 1.92 bits per heavy atom. The lowest BCUT2D eigenvalue weighted by molar-refractivity contribution is -0.870. The van der Waals surface area contributed by atoms with Crippen LogP contribution >= 0.6 is 8.69 Å². The van der Waals surface area contributed by atoms with Gasteiger partial charge in [-0.15, -0.1) is 0 Å². The monoisotopic (exact) mass is 212 g/mol. The fraction of sp³-hybridized carbons (Fsp3) is 1.00. The Morgan fingerprint density at radius 2 is 1.69 bits per heavy atom. The van der Waals surface area contributed by atoms with E-state index in [4.69, 9.17) is 10.2 Å². The molecular formula is C7H19NO4P+. The summed E-state index contributed by atoms with van der Waals surface area (Å²) in [5.41, 5.74) is 0. The Morgan fingerprint density at radius 1 is 1.23 bits per heavy atom. The molecule has 0 spiro atoms. The van der Waals surface area contributed by atoms with E-state index in [9.17, 15) is 4.57 Å². The summed E-state index contributed by atoms with van der Waals surface area (Å²) in [5, 5.41) is 15.2. The van der Waals surface area contributed by atoms with Crippen LogP contribution < -0.4 is 0 Å². The first-order valence-corrected chi connectivity index (χ1v) is 4.67. The predicted molar refractivity (Wildman–Crippen MR) is 50.6 cm³/mol. The number of aliphatic hydroxyl groups is 2. The first-order chi connectivity index (χ1) is 5.97. The number of rotatable bonds is 5. The summed E-state index contributed by atoms with van der Waals surface area (Å²) < 4.78 is 15.2. The van der Waals surface area contributed by atoms with Gasteiger partial charge in [0.1, 0.15) is 13.2 Å². The average Bonchev–Trinajstić information content (AvgIpc) is 2.03. The molecule has 5 nitrogen and oxygen atoms in total. The van der Waals surface area contributed by atoms with Crippen molar-refractivity contribution in [2.24, 2.45) is 0 Å². The second-order valence-corrected chi connectivity index (χ2v) is 3.78. The fourth-order valence-electron chi connectivity index (χ4n) is 0.352. The molecule has 0 aliphatic carbocycles. The summed E-state index contributed by atoms with van der Waals surface area (Å²) in [6, 6.07) is 0. The molecule has 13 heavy (non-hydrogen) atoms. The highest BCUT2D eigenvalue weighted by Crippen LogP contribution is 1.96. The van der Waals surface area contributed by atoms with Crippen LogP contribution in [0.3, 0.4) is 0 Å². The molecule has 0 aliphatic rings. The van der Waals surface area contributed by atoms with Gasteiger partial charge >= 0.3 is 8.69 Å². The molecule has 0 unspecified atom stereocenters. The van der Waals surface area contributed by atoms with Crippen molar-refractivity contribution in [2.45, 2.75) is 0 Å². The number of hydrogen-bond donors (Lipinski definition) is 2. The van der Waals surface area contributed by atoms with Crippen molar-refractivity contribution in [1.29, 1.82) is 0 Å². The van der Waals surface area contributed by atoms with E-state index < -0.39 is 0 Å². The van der Waals surface area contributed by atoms with Gasteiger partial charge in [0, 0.05) is 0 Å². The highest BCUT2D eigenvalue weighted by Gasteiger charge is 2.04. The van der Waals surface area contributed by atoms with E-state index in [1.54, 1.807) is 0 Å². The van der Waals surface area contributed by atoms with Crippen molar-refractivity contribution in [3.05, 3.63) is 0 Å². The van der Waals surface area contributed by atoms with Gasteiger partial charge < -0.3 is 14.7 Å². The Labute approximate surface area is 80.8 Å². The maximum absolute atomic E-state index is 9.76. The molecular weight excluding hydrogens is 193 g/mol. The minimum Gasteiger partial charge on any atom is -0.394 e. The zero-order valence-electron chi connectivity index (χ0n) is 8.43. The van der Waals surface area contributed by atoms with E-state index >= 15 is 0 Å². The van der Waals surface area contributed by atoms with E-state index in [1.165, 1.54) is 0 Å². The van der Waals surface area contributed by atoms with Crippen molar-refractivity contribution in [3.63, 3.8) is 0 Å². The zero-order valence-corrected chi connectivity index (χ0v) is 9.33. The minimum atomic E-state index is -0.217. The molecule has 0 aliphatic heterocycles. The molecule has 0 aromatic rings. The smallest absolute Gasteiger partial charge is 0.327 e. The van der Waals surface area contributed by atoms with Crippen molar-refractivity contribution in [3.8, 4) is 0 Å². The molecule has 0 aromatic carbocycles. The van der Waals surface area contributed by atoms with Crippen LogP contribution in [0.15, 0.2) is 0 Å². The van der Waals surface area contributed by atoms with Gasteiger partial charge in [0.15, 0.2) is 0 Å². The van der Waals surface area contributed by atoms with Crippen LogP contribution in [-0.2, 0) is 9.09 Å². The molecule has 0 rings (SSSR count). The lowest BCUT2D eigenvalue weighted by atomic mass is 10.5. The topological polar surface area (TPSA) is 66.8 Å². The van der Waals surface area contributed by atoms with Gasteiger partial charge in [-0.1, -0.05) is 0 Å². The van der Waals surface area contributed by atoms with Gasteiger partial charge in [-0.25, -0.2) is 4.57 Å². The second-order valence-electron chi connectivity index (χ2n) is 3.37. The van der Waals surface area contributed by atoms with Gasteiger partial charge in [0.2, 0.25) is 0 Å². The van der Waals surface area contributed by atoms with Crippen molar-refractivity contribution >= 4 is 8.69 Å². The van der Waals surface area contributed by atoms with Gasteiger partial charge in [-0.2, -0.15) is 0 Å². The number of likely N-dealkylation sites (N-methyl/N-ethyl adjacent to an activating group) is 1. The quantitative estimate of drug-likeness (QED) is 0.379. The van der Waals surface area contributed by atoms with Gasteiger partial charge in [-0.05, 0) is 0 Å². The molecule has 6 heteroatoms. The summed E-state index contributed by atoms with van der Waals surface area (Å²) in [4.78, 5) is 0. The van der Waals surface area contributed by atoms with Crippen LogP contribution in [0.1, 0.15) is 0 Å². The fourth-order valence-corrected chi connectivity index (χ4v) is 0.508. The lowest BCUT2D eigenvalue weighted by Crippen LogP contribution is -2.37. The molecule has 80 valence electrons. The van der Waals surface area contributed by atoms with Crippen molar-refractivity contribution in [2.75, 3.05) is 47.5 Å². The van der Waals surface area contributed by atoms with Crippen molar-refractivity contribution < 1.29 is 23.8 Å². The van der Waals surface area contributed by atoms with Crippen molar-refractivity contribution in [1.82, 2.24) is 0 Å². The number of aliphatic hydroxyl groups excluding tert-OH is 2. The van der Waals surface area contributed by atoms with Gasteiger partial charge in [0.05, 0.1) is 34.4 Å². The zero-order chi connectivity index (χ0) is 10.7. The first kappa shape index (κ1) is 15.4. The van der Waals surface area contributed by atoms with Gasteiger partial charge in [-0.3, -0.25) is 4.52 Å². The summed E-state index contributed by atoms with van der Waals surface area (Å²) >= 11 is 0. The van der Waals surface area contributed by atoms with E-state index in [2.05, 4.69) is 25.7 Å². The summed E-state index contributed by atoms with van der Waals surface area (Å²) in [6.07, 6.45) is 0. The van der Waals surface area contributed by atoms with E-state index in [0.29, 0.717) is 6.61 Å². The Kier molecular flexibility index (Phi) is 11.9. The molecule has 0 saturated heterocycles. The highest BCUT2D eigenvalue weighted by molar-refractivity contribution is 7.17. The van der Waals surface area contributed by atoms with Crippen LogP contribution in [0, 0.1) is 0 Å². The third-order valence-corrected chi connectivity index (χ3v) is 1.29. The molecule has 2 N–H and O–H groups in total. The highest BCUT2D eigenvalue weighted by atomic mass is 31.1. The summed E-state index contributed by atoms with van der Waals surface area (Å²) in [5.74, 6) is 0. The molecule has 0 amide bonds. The Hall–Kier alpha value is -0.0600. The second kappa shape index (κ2) is 10.0. The lowest BCUT2D eigenvalue weighted by Gasteiger charge is -2.22. The number of nitrogens with zero attached hydrogens (tertiary/aromatic N) is 1. The molecule has 0 atom stereocenters. The van der Waals surface area contributed by atoms with E-state index in [1.807, 2.05) is 0 Å². The van der Waals surface area contributed by atoms with Crippen LogP contribution in [-0.4, -0.2) is 62.2 Å². The first-order valence-electron chi connectivity index (χ1n) is 3.94. The molecule has 0 radical (unpaired) electrons.